The summed E-state index contributed by atoms with van der Waals surface area (Å²) >= 11 is 0. The number of hydrogen-bond donors (Lipinski definition) is 2. The third kappa shape index (κ3) is 7.81. The van der Waals surface area contributed by atoms with Crippen LogP contribution in [0.4, 0.5) is 0 Å². The van der Waals surface area contributed by atoms with Crippen molar-refractivity contribution in [2.24, 2.45) is 5.41 Å². The van der Waals surface area contributed by atoms with E-state index in [1.807, 2.05) is 20.8 Å². The van der Waals surface area contributed by atoms with Crippen molar-refractivity contribution in [3.05, 3.63) is 11.6 Å². The Kier molecular flexibility index (Phi) is 9.73. The van der Waals surface area contributed by atoms with Crippen LogP contribution in [0.2, 0.25) is 0 Å². The monoisotopic (exact) mass is 209 g/mol. The van der Waals surface area contributed by atoms with E-state index in [0.29, 0.717) is 5.57 Å². The van der Waals surface area contributed by atoms with Crippen LogP contribution >= 0.6 is 12.4 Å². The lowest BCUT2D eigenvalue weighted by molar-refractivity contribution is -0.132. The van der Waals surface area contributed by atoms with Gasteiger partial charge in [-0.1, -0.05) is 26.8 Å². The molecule has 0 radical (unpaired) electrons. The predicted octanol–water partition coefficient (Wildman–Crippen LogP) is 3.04. The lowest BCUT2D eigenvalue weighted by Gasteiger charge is -2.17. The van der Waals surface area contributed by atoms with Crippen LogP contribution in [0.15, 0.2) is 11.6 Å². The third-order valence-electron chi connectivity index (χ3n) is 1.86. The van der Waals surface area contributed by atoms with Crippen LogP contribution in [0.25, 0.3) is 0 Å². The van der Waals surface area contributed by atoms with Gasteiger partial charge in [0.25, 0.3) is 0 Å². The number of aliphatic carboxylic acids is 1. The molecule has 4 heteroatoms. The maximum Gasteiger partial charge on any atom is 0.330 e. The van der Waals surface area contributed by atoms with Gasteiger partial charge in [-0.15, -0.1) is 12.4 Å². The maximum absolute atomic E-state index is 10.4. The van der Waals surface area contributed by atoms with E-state index in [9.17, 15) is 4.79 Å². The molecule has 0 aromatic carbocycles. The quantitative estimate of drug-likeness (QED) is 0.702. The van der Waals surface area contributed by atoms with Gasteiger partial charge >= 0.3 is 5.97 Å². The Labute approximate surface area is 86.2 Å². The topological polar surface area (TPSA) is 72.3 Å². The Bertz CT molecular complexity index is 188. The number of allylic oxidation sites excluding steroid dienone is 1. The molecule has 0 aliphatic heterocycles. The second-order valence-electron chi connectivity index (χ2n) is 3.47. The molecular weight excluding hydrogens is 190 g/mol. The summed E-state index contributed by atoms with van der Waals surface area (Å²) in [5.41, 5.74) is 0.430. The molecule has 0 heterocycles. The molecule has 3 nitrogen and oxygen atoms in total. The first-order valence-corrected chi connectivity index (χ1v) is 3.82. The van der Waals surface area contributed by atoms with E-state index in [-0.39, 0.29) is 24.0 Å². The molecule has 0 unspecified atom stereocenters. The molecule has 0 aromatic heterocycles. The van der Waals surface area contributed by atoms with Gasteiger partial charge in [0.1, 0.15) is 0 Å². The Morgan fingerprint density at radius 1 is 1.46 bits per heavy atom. The first-order valence-electron chi connectivity index (χ1n) is 3.82. The molecule has 13 heavy (non-hydrogen) atoms. The van der Waals surface area contributed by atoms with Crippen molar-refractivity contribution in [3.8, 4) is 0 Å². The summed E-state index contributed by atoms with van der Waals surface area (Å²) in [5.74, 6) is -0.827. The van der Waals surface area contributed by atoms with E-state index in [1.165, 1.54) is 0 Å². The molecule has 0 aliphatic carbocycles. The molecule has 0 fully saturated rings. The normalized spacial score (nSPS) is 11.2. The summed E-state index contributed by atoms with van der Waals surface area (Å²) in [4.78, 5) is 10.4. The fraction of sp³-hybridized carbons (Fsp3) is 0.667. The molecule has 0 aromatic rings. The Balaban J connectivity index is -0.000000500. The van der Waals surface area contributed by atoms with Gasteiger partial charge in [-0.2, -0.15) is 0 Å². The second kappa shape index (κ2) is 6.92. The smallest absolute Gasteiger partial charge is 0.330 e. The summed E-state index contributed by atoms with van der Waals surface area (Å²) in [6, 6.07) is 0. The van der Waals surface area contributed by atoms with Gasteiger partial charge in [0, 0.05) is 5.57 Å². The predicted molar refractivity (Wildman–Crippen MR) is 57.7 cm³/mol. The van der Waals surface area contributed by atoms with E-state index >= 15 is 0 Å². The van der Waals surface area contributed by atoms with Crippen molar-refractivity contribution < 1.29 is 9.90 Å². The second-order valence-corrected chi connectivity index (χ2v) is 3.47. The van der Waals surface area contributed by atoms with Crippen LogP contribution < -0.4 is 6.15 Å². The van der Waals surface area contributed by atoms with Gasteiger partial charge in [-0.3, -0.25) is 0 Å². The summed E-state index contributed by atoms with van der Waals surface area (Å²) in [6.07, 6.45) is 2.76. The van der Waals surface area contributed by atoms with Gasteiger partial charge in [0.2, 0.25) is 0 Å². The minimum Gasteiger partial charge on any atom is -0.478 e. The molecule has 0 bridgehead atoms. The van der Waals surface area contributed by atoms with Crippen LogP contribution in [0.5, 0.6) is 0 Å². The molecule has 0 atom stereocenters. The molecule has 0 saturated carbocycles. The van der Waals surface area contributed by atoms with Crippen LogP contribution in [0.3, 0.4) is 0 Å². The van der Waals surface area contributed by atoms with E-state index in [1.54, 1.807) is 13.0 Å². The Morgan fingerprint density at radius 3 is 2.08 bits per heavy atom. The zero-order valence-electron chi connectivity index (χ0n) is 8.76. The number of carboxylic acids is 1. The van der Waals surface area contributed by atoms with Crippen molar-refractivity contribution in [2.75, 3.05) is 0 Å². The zero-order valence-corrected chi connectivity index (χ0v) is 9.57. The van der Waals surface area contributed by atoms with Crippen LogP contribution in [0.1, 0.15) is 34.1 Å². The molecule has 0 saturated heterocycles. The molecule has 0 amide bonds. The van der Waals surface area contributed by atoms with Gasteiger partial charge in [0.05, 0.1) is 0 Å². The number of halogens is 1. The highest BCUT2D eigenvalue weighted by Gasteiger charge is 2.13. The zero-order chi connectivity index (χ0) is 9.07. The van der Waals surface area contributed by atoms with Crippen molar-refractivity contribution in [1.29, 1.82) is 0 Å². The fourth-order valence-electron chi connectivity index (χ4n) is 0.750. The van der Waals surface area contributed by atoms with Gasteiger partial charge in [0.15, 0.2) is 0 Å². The lowest BCUT2D eigenvalue weighted by atomic mass is 9.88. The molecule has 0 rings (SSSR count). The lowest BCUT2D eigenvalue weighted by Crippen LogP contribution is -2.08. The van der Waals surface area contributed by atoms with E-state index in [2.05, 4.69) is 0 Å². The molecular formula is C9H20ClNO2. The van der Waals surface area contributed by atoms with Crippen molar-refractivity contribution >= 4 is 18.4 Å². The van der Waals surface area contributed by atoms with E-state index in [4.69, 9.17) is 5.11 Å². The summed E-state index contributed by atoms with van der Waals surface area (Å²) in [7, 11) is 0. The van der Waals surface area contributed by atoms with Crippen molar-refractivity contribution in [2.45, 2.75) is 34.1 Å². The summed E-state index contributed by atoms with van der Waals surface area (Å²) < 4.78 is 0. The number of hydrogen-bond acceptors (Lipinski definition) is 2. The minimum atomic E-state index is -0.827. The average molecular weight is 210 g/mol. The Morgan fingerprint density at radius 2 is 1.85 bits per heavy atom. The van der Waals surface area contributed by atoms with Crippen LogP contribution in [-0.2, 0) is 4.79 Å². The van der Waals surface area contributed by atoms with Gasteiger partial charge < -0.3 is 11.3 Å². The van der Waals surface area contributed by atoms with Crippen molar-refractivity contribution in [1.82, 2.24) is 6.15 Å². The van der Waals surface area contributed by atoms with Crippen LogP contribution in [0, 0.1) is 5.41 Å². The highest BCUT2D eigenvalue weighted by molar-refractivity contribution is 5.86. The SMILES string of the molecule is CCC(C)(C)/C=C(\C)C(=O)O.Cl.N. The summed E-state index contributed by atoms with van der Waals surface area (Å²) in [5, 5.41) is 8.57. The number of rotatable bonds is 3. The van der Waals surface area contributed by atoms with Crippen LogP contribution in [-0.4, -0.2) is 11.1 Å². The largest absolute Gasteiger partial charge is 0.478 e. The fourth-order valence-corrected chi connectivity index (χ4v) is 0.750. The molecule has 80 valence electrons. The average Bonchev–Trinajstić information content (AvgIpc) is 1.87. The first-order chi connectivity index (χ1) is 4.89. The highest BCUT2D eigenvalue weighted by atomic mass is 35.5. The minimum absolute atomic E-state index is 0. The van der Waals surface area contributed by atoms with E-state index in [0.717, 1.165) is 6.42 Å². The van der Waals surface area contributed by atoms with Crippen molar-refractivity contribution in [3.63, 3.8) is 0 Å². The summed E-state index contributed by atoms with van der Waals surface area (Å²) in [6.45, 7) is 7.73. The first kappa shape index (κ1) is 18.3. The maximum atomic E-state index is 10.4. The number of carbonyl (C=O) groups is 1. The molecule has 0 aliphatic rings. The van der Waals surface area contributed by atoms with E-state index < -0.39 is 5.97 Å². The van der Waals surface area contributed by atoms with Gasteiger partial charge in [-0.25, -0.2) is 4.79 Å². The third-order valence-corrected chi connectivity index (χ3v) is 1.86. The number of carboxylic acid groups (broad SMARTS) is 1. The standard InChI is InChI=1S/C9H16O2.ClH.H3N/c1-5-9(3,4)6-7(2)8(10)11;;/h6H,5H2,1-4H3,(H,10,11);1H;1H3/b7-6+;;. The van der Waals surface area contributed by atoms with Gasteiger partial charge in [-0.05, 0) is 18.8 Å². The highest BCUT2D eigenvalue weighted by Crippen LogP contribution is 2.22. The Hall–Kier alpha value is -0.540. The molecule has 4 N–H and O–H groups in total. The molecule has 0 spiro atoms.